The number of halogens is 1. The maximum absolute atomic E-state index is 13.3. The molecule has 4 amide bonds. The Labute approximate surface area is 229 Å². The molecule has 4 rings (SSSR count). The number of carbonyl (C=O) groups excluding carboxylic acids is 4. The molecule has 1 aliphatic heterocycles. The van der Waals surface area contributed by atoms with Crippen LogP contribution in [-0.4, -0.2) is 37.5 Å². The Morgan fingerprint density at radius 1 is 1.00 bits per heavy atom. The quantitative estimate of drug-likeness (QED) is 0.237. The van der Waals surface area contributed by atoms with Crippen molar-refractivity contribution in [1.82, 2.24) is 5.32 Å². The number of aryl methyl sites for hydroxylation is 1. The Morgan fingerprint density at radius 3 is 2.33 bits per heavy atom. The Balaban J connectivity index is 1.63. The summed E-state index contributed by atoms with van der Waals surface area (Å²) in [5.41, 5.74) is 2.57. The van der Waals surface area contributed by atoms with Crippen molar-refractivity contribution in [2.75, 3.05) is 18.6 Å². The van der Waals surface area contributed by atoms with Gasteiger partial charge in [0, 0.05) is 0 Å². The van der Waals surface area contributed by atoms with E-state index in [-0.39, 0.29) is 28.5 Å². The number of nitrogens with zero attached hydrogens (tertiary/aromatic N) is 1. The fourth-order valence-electron chi connectivity index (χ4n) is 3.84. The van der Waals surface area contributed by atoms with E-state index in [1.807, 2.05) is 31.2 Å². The fraction of sp³-hybridized carbons (Fsp3) is 0.172. The summed E-state index contributed by atoms with van der Waals surface area (Å²) in [6.07, 6.45) is 1.32. The maximum atomic E-state index is 13.3. The Morgan fingerprint density at radius 2 is 1.69 bits per heavy atom. The average Bonchev–Trinajstić information content (AvgIpc) is 2.91. The Bertz CT molecular complexity index is 1460. The monoisotopic (exact) mass is 548 g/mol. The standard InChI is InChI=1S/C29H25ClN2O7/c1-4-38-24-15-19(14-23(30)25(24)39-16-18-7-5-17(2)6-8-18)13-22-26(33)31-29(36)32(27(22)34)21-11-9-20(10-12-21)28(35)37-3/h5-15H,4,16H2,1-3H3,(H,31,33,36)/b22-13+. The van der Waals surface area contributed by atoms with Crippen LogP contribution in [0, 0.1) is 6.92 Å². The number of rotatable bonds is 8. The molecule has 200 valence electrons. The van der Waals surface area contributed by atoms with E-state index in [0.29, 0.717) is 23.7 Å². The van der Waals surface area contributed by atoms with Gasteiger partial charge in [-0.25, -0.2) is 14.5 Å². The van der Waals surface area contributed by atoms with Crippen LogP contribution in [0.3, 0.4) is 0 Å². The summed E-state index contributed by atoms with van der Waals surface area (Å²) < 4.78 is 16.3. The van der Waals surface area contributed by atoms with Crippen molar-refractivity contribution in [3.05, 3.63) is 93.5 Å². The third-order valence-electron chi connectivity index (χ3n) is 5.79. The first kappa shape index (κ1) is 27.4. The number of esters is 1. The van der Waals surface area contributed by atoms with Gasteiger partial charge in [-0.3, -0.25) is 14.9 Å². The van der Waals surface area contributed by atoms with E-state index in [0.717, 1.165) is 16.0 Å². The highest BCUT2D eigenvalue weighted by Crippen LogP contribution is 2.38. The maximum Gasteiger partial charge on any atom is 0.337 e. The number of barbiturate groups is 1. The summed E-state index contributed by atoms with van der Waals surface area (Å²) in [6, 6.07) is 15.7. The first-order chi connectivity index (χ1) is 18.7. The van der Waals surface area contributed by atoms with Crippen LogP contribution in [0.25, 0.3) is 6.08 Å². The minimum Gasteiger partial charge on any atom is -0.490 e. The molecule has 3 aromatic carbocycles. The number of anilines is 1. The molecule has 0 radical (unpaired) electrons. The minimum atomic E-state index is -0.916. The lowest BCUT2D eigenvalue weighted by molar-refractivity contribution is -0.122. The van der Waals surface area contributed by atoms with Gasteiger partial charge in [-0.15, -0.1) is 0 Å². The molecule has 9 nitrogen and oxygen atoms in total. The van der Waals surface area contributed by atoms with Gasteiger partial charge in [-0.2, -0.15) is 0 Å². The van der Waals surface area contributed by atoms with Crippen LogP contribution in [0.1, 0.15) is 34.0 Å². The third kappa shape index (κ3) is 6.10. The van der Waals surface area contributed by atoms with Crippen LogP contribution in [-0.2, 0) is 20.9 Å². The average molecular weight is 549 g/mol. The topological polar surface area (TPSA) is 111 Å². The van der Waals surface area contributed by atoms with E-state index >= 15 is 0 Å². The summed E-state index contributed by atoms with van der Waals surface area (Å²) in [4.78, 5) is 50.9. The summed E-state index contributed by atoms with van der Waals surface area (Å²) >= 11 is 6.53. The lowest BCUT2D eigenvalue weighted by Gasteiger charge is -2.26. The van der Waals surface area contributed by atoms with Crippen molar-refractivity contribution in [3.63, 3.8) is 0 Å². The van der Waals surface area contributed by atoms with Gasteiger partial charge in [-0.1, -0.05) is 41.4 Å². The van der Waals surface area contributed by atoms with Gasteiger partial charge in [-0.05, 0) is 67.4 Å². The van der Waals surface area contributed by atoms with Gasteiger partial charge >= 0.3 is 12.0 Å². The van der Waals surface area contributed by atoms with E-state index in [1.165, 1.54) is 43.5 Å². The molecule has 1 fully saturated rings. The second-order valence-electron chi connectivity index (χ2n) is 8.53. The Hall–Kier alpha value is -4.63. The van der Waals surface area contributed by atoms with Crippen LogP contribution in [0.15, 0.2) is 66.2 Å². The Kier molecular flexibility index (Phi) is 8.31. The largest absolute Gasteiger partial charge is 0.490 e. The van der Waals surface area contributed by atoms with Crippen molar-refractivity contribution in [2.45, 2.75) is 20.5 Å². The van der Waals surface area contributed by atoms with Gasteiger partial charge in [0.1, 0.15) is 12.2 Å². The van der Waals surface area contributed by atoms with E-state index < -0.39 is 23.8 Å². The van der Waals surface area contributed by atoms with Gasteiger partial charge < -0.3 is 14.2 Å². The molecule has 1 heterocycles. The number of benzene rings is 3. The first-order valence-electron chi connectivity index (χ1n) is 12.0. The van der Waals surface area contributed by atoms with Crippen molar-refractivity contribution >= 4 is 47.2 Å². The lowest BCUT2D eigenvalue weighted by atomic mass is 10.1. The van der Waals surface area contributed by atoms with E-state index in [1.54, 1.807) is 13.0 Å². The number of urea groups is 1. The van der Waals surface area contributed by atoms with Crippen molar-refractivity contribution in [1.29, 1.82) is 0 Å². The molecule has 10 heteroatoms. The molecular weight excluding hydrogens is 524 g/mol. The molecule has 0 saturated carbocycles. The minimum absolute atomic E-state index is 0.163. The number of hydrogen-bond acceptors (Lipinski definition) is 7. The second kappa shape index (κ2) is 11.8. The second-order valence-corrected chi connectivity index (χ2v) is 8.94. The van der Waals surface area contributed by atoms with Gasteiger partial charge in [0.2, 0.25) is 0 Å². The zero-order valence-corrected chi connectivity index (χ0v) is 22.2. The van der Waals surface area contributed by atoms with Crippen molar-refractivity contribution in [3.8, 4) is 11.5 Å². The highest BCUT2D eigenvalue weighted by atomic mass is 35.5. The molecule has 0 aliphatic carbocycles. The summed E-state index contributed by atoms with van der Waals surface area (Å²) in [7, 11) is 1.24. The molecule has 0 spiro atoms. The highest BCUT2D eigenvalue weighted by Gasteiger charge is 2.37. The predicted octanol–water partition coefficient (Wildman–Crippen LogP) is 5.08. The molecule has 1 N–H and O–H groups in total. The molecule has 1 aliphatic rings. The van der Waals surface area contributed by atoms with Gasteiger partial charge in [0.25, 0.3) is 11.8 Å². The zero-order valence-electron chi connectivity index (χ0n) is 21.4. The smallest absolute Gasteiger partial charge is 0.337 e. The summed E-state index contributed by atoms with van der Waals surface area (Å²) in [5.74, 6) is -1.62. The number of carbonyl (C=O) groups is 4. The van der Waals surface area contributed by atoms with Crippen LogP contribution in [0.4, 0.5) is 10.5 Å². The summed E-state index contributed by atoms with van der Waals surface area (Å²) in [5, 5.41) is 2.38. The number of amides is 4. The number of imide groups is 2. The summed E-state index contributed by atoms with van der Waals surface area (Å²) in [6.45, 7) is 4.37. The molecule has 0 aromatic heterocycles. The molecular formula is C29H25ClN2O7. The lowest BCUT2D eigenvalue weighted by Crippen LogP contribution is -2.54. The van der Waals surface area contributed by atoms with Gasteiger partial charge in [0.05, 0.1) is 30.0 Å². The fourth-order valence-corrected chi connectivity index (χ4v) is 4.11. The van der Waals surface area contributed by atoms with Crippen molar-refractivity contribution in [2.24, 2.45) is 0 Å². The van der Waals surface area contributed by atoms with Gasteiger partial charge in [0.15, 0.2) is 11.5 Å². The van der Waals surface area contributed by atoms with Crippen molar-refractivity contribution < 1.29 is 33.4 Å². The highest BCUT2D eigenvalue weighted by molar-refractivity contribution is 6.39. The van der Waals surface area contributed by atoms with E-state index in [2.05, 4.69) is 10.1 Å². The van der Waals surface area contributed by atoms with Crippen LogP contribution in [0.5, 0.6) is 11.5 Å². The molecule has 0 bridgehead atoms. The van der Waals surface area contributed by atoms with Crippen LogP contribution in [0.2, 0.25) is 5.02 Å². The zero-order chi connectivity index (χ0) is 28.1. The third-order valence-corrected chi connectivity index (χ3v) is 6.08. The number of nitrogens with one attached hydrogen (secondary N) is 1. The van der Waals surface area contributed by atoms with Crippen LogP contribution < -0.4 is 19.7 Å². The number of hydrogen-bond donors (Lipinski definition) is 1. The molecule has 3 aromatic rings. The van der Waals surface area contributed by atoms with E-state index in [9.17, 15) is 19.2 Å². The molecule has 1 saturated heterocycles. The normalized spacial score (nSPS) is 14.3. The molecule has 0 unspecified atom stereocenters. The molecule has 39 heavy (non-hydrogen) atoms. The number of ether oxygens (including phenoxy) is 3. The van der Waals surface area contributed by atoms with Crippen LogP contribution >= 0.6 is 11.6 Å². The first-order valence-corrected chi connectivity index (χ1v) is 12.3. The van der Waals surface area contributed by atoms with E-state index in [4.69, 9.17) is 21.1 Å². The SMILES string of the molecule is CCOc1cc(/C=C2\C(=O)NC(=O)N(c3ccc(C(=O)OC)cc3)C2=O)cc(Cl)c1OCc1ccc(C)cc1. The number of methoxy groups -OCH3 is 1. The molecule has 0 atom stereocenters. The predicted molar refractivity (Wildman–Crippen MR) is 145 cm³/mol.